The molecule has 0 amide bonds. The molecule has 0 saturated carbocycles. The minimum Gasteiger partial charge on any atom is -0.394 e. The second-order valence-corrected chi connectivity index (χ2v) is 8.11. The zero-order valence-electron chi connectivity index (χ0n) is 15.2. The van der Waals surface area contributed by atoms with Crippen LogP contribution >= 0.6 is 11.8 Å². The van der Waals surface area contributed by atoms with Crippen molar-refractivity contribution in [2.24, 2.45) is 0 Å². The van der Waals surface area contributed by atoms with E-state index in [4.69, 9.17) is 18.9 Å². The first-order valence-electron chi connectivity index (χ1n) is 8.72. The van der Waals surface area contributed by atoms with Crippen LogP contribution in [0, 0.1) is 0 Å². The number of hydrogen-bond donors (Lipinski definition) is 5. The topological polar surface area (TPSA) is 138 Å². The van der Waals surface area contributed by atoms with Crippen LogP contribution in [0.1, 0.15) is 20.3 Å². The number of rotatable bonds is 7. The first-order valence-corrected chi connectivity index (χ1v) is 9.77. The molecular formula is C16H30O9S. The number of aliphatic hydroxyl groups is 5. The predicted octanol–water partition coefficient (Wildman–Crippen LogP) is -1.56. The summed E-state index contributed by atoms with van der Waals surface area (Å²) in [6, 6.07) is 0. The highest BCUT2D eigenvalue weighted by Gasteiger charge is 2.45. The van der Waals surface area contributed by atoms with E-state index < -0.39 is 49.2 Å². The molecule has 26 heavy (non-hydrogen) atoms. The molecule has 0 unspecified atom stereocenters. The molecule has 2 heterocycles. The molecule has 2 rings (SSSR count). The highest BCUT2D eigenvalue weighted by atomic mass is 32.2. The number of thioether (sulfide) groups is 1. The summed E-state index contributed by atoms with van der Waals surface area (Å²) in [4.78, 5) is 0. The first-order chi connectivity index (χ1) is 12.3. The maximum Gasteiger partial charge on any atom is 0.186 e. The molecule has 9 nitrogen and oxygen atoms in total. The number of methoxy groups -OCH3 is 1. The van der Waals surface area contributed by atoms with Gasteiger partial charge in [0.15, 0.2) is 12.6 Å². The fourth-order valence-corrected chi connectivity index (χ4v) is 4.46. The molecule has 2 fully saturated rings. The van der Waals surface area contributed by atoms with Crippen molar-refractivity contribution in [2.45, 2.75) is 80.8 Å². The van der Waals surface area contributed by atoms with Crippen LogP contribution in [0.2, 0.25) is 0 Å². The second-order valence-electron chi connectivity index (χ2n) is 6.84. The van der Waals surface area contributed by atoms with Crippen molar-refractivity contribution >= 4 is 11.8 Å². The van der Waals surface area contributed by atoms with Crippen molar-refractivity contribution < 1.29 is 44.5 Å². The minimum absolute atomic E-state index is 0.122. The third-order valence-corrected chi connectivity index (χ3v) is 5.92. The van der Waals surface area contributed by atoms with Crippen LogP contribution in [-0.4, -0.2) is 106 Å². The largest absolute Gasteiger partial charge is 0.394 e. The van der Waals surface area contributed by atoms with Gasteiger partial charge < -0.3 is 44.5 Å². The lowest BCUT2D eigenvalue weighted by Crippen LogP contribution is -2.59. The van der Waals surface area contributed by atoms with E-state index in [0.29, 0.717) is 6.42 Å². The summed E-state index contributed by atoms with van der Waals surface area (Å²) in [5.41, 5.74) is 0. The monoisotopic (exact) mass is 398 g/mol. The molecule has 10 heteroatoms. The van der Waals surface area contributed by atoms with E-state index in [1.165, 1.54) is 18.9 Å². The molecule has 0 aliphatic carbocycles. The molecule has 2 saturated heterocycles. The number of aliphatic hydroxyl groups excluding tert-OH is 5. The van der Waals surface area contributed by atoms with Gasteiger partial charge in [-0.05, 0) is 20.3 Å². The van der Waals surface area contributed by atoms with E-state index in [1.807, 2.05) is 13.8 Å². The van der Waals surface area contributed by atoms with Gasteiger partial charge in [0, 0.05) is 18.1 Å². The summed E-state index contributed by atoms with van der Waals surface area (Å²) in [5.74, 6) is 0.262. The highest BCUT2D eigenvalue weighted by molar-refractivity contribution is 8.00. The van der Waals surface area contributed by atoms with E-state index in [-0.39, 0.29) is 23.7 Å². The van der Waals surface area contributed by atoms with Crippen molar-refractivity contribution in [2.75, 3.05) is 19.5 Å². The molecule has 2 aliphatic rings. The Hall–Kier alpha value is -0.0100. The third kappa shape index (κ3) is 5.28. The summed E-state index contributed by atoms with van der Waals surface area (Å²) >= 11 is 1.35. The third-order valence-electron chi connectivity index (χ3n) is 4.47. The zero-order chi connectivity index (χ0) is 19.4. The lowest BCUT2D eigenvalue weighted by molar-refractivity contribution is -0.285. The van der Waals surface area contributed by atoms with Gasteiger partial charge in [-0.15, -0.1) is 0 Å². The van der Waals surface area contributed by atoms with E-state index in [2.05, 4.69) is 0 Å². The van der Waals surface area contributed by atoms with Crippen molar-refractivity contribution in [1.29, 1.82) is 0 Å². The van der Waals surface area contributed by atoms with E-state index >= 15 is 0 Å². The van der Waals surface area contributed by atoms with Gasteiger partial charge in [-0.2, -0.15) is 11.8 Å². The molecule has 0 aromatic carbocycles. The summed E-state index contributed by atoms with van der Waals surface area (Å²) in [7, 11) is 1.34. The van der Waals surface area contributed by atoms with Gasteiger partial charge in [-0.3, -0.25) is 0 Å². The van der Waals surface area contributed by atoms with Gasteiger partial charge in [0.05, 0.1) is 24.9 Å². The van der Waals surface area contributed by atoms with Crippen molar-refractivity contribution in [3.8, 4) is 0 Å². The van der Waals surface area contributed by atoms with Crippen molar-refractivity contribution in [1.82, 2.24) is 0 Å². The van der Waals surface area contributed by atoms with Gasteiger partial charge in [0.25, 0.3) is 0 Å². The lowest BCUT2D eigenvalue weighted by atomic mass is 10.00. The van der Waals surface area contributed by atoms with E-state index in [1.54, 1.807) is 0 Å². The zero-order valence-corrected chi connectivity index (χ0v) is 16.0. The molecule has 0 radical (unpaired) electrons. The smallest absolute Gasteiger partial charge is 0.186 e. The van der Waals surface area contributed by atoms with Gasteiger partial charge in [0.2, 0.25) is 0 Å². The number of ether oxygens (including phenoxy) is 4. The molecule has 154 valence electrons. The first kappa shape index (κ1) is 22.3. The van der Waals surface area contributed by atoms with E-state index in [9.17, 15) is 25.5 Å². The fourth-order valence-electron chi connectivity index (χ4n) is 3.05. The van der Waals surface area contributed by atoms with Crippen molar-refractivity contribution in [3.05, 3.63) is 0 Å². The van der Waals surface area contributed by atoms with Crippen LogP contribution in [0.3, 0.4) is 0 Å². The van der Waals surface area contributed by atoms with Gasteiger partial charge in [0.1, 0.15) is 24.4 Å². The quantitative estimate of drug-likeness (QED) is 0.342. The van der Waals surface area contributed by atoms with Gasteiger partial charge in [-0.25, -0.2) is 0 Å². The molecule has 0 spiro atoms. The highest BCUT2D eigenvalue weighted by Crippen LogP contribution is 2.33. The average Bonchev–Trinajstić information content (AvgIpc) is 2.60. The van der Waals surface area contributed by atoms with Crippen LogP contribution in [0.25, 0.3) is 0 Å². The Labute approximate surface area is 157 Å². The van der Waals surface area contributed by atoms with Crippen LogP contribution < -0.4 is 0 Å². The van der Waals surface area contributed by atoms with E-state index in [0.717, 1.165) is 0 Å². The molecule has 9 atom stereocenters. The SMILES string of the molecule is CO[C@H]1O[C@H](CS[C@@H]2C[C@@H](O)[C@@H](OC(C)C)O[C@@H]2CO)[C@@H](O)[C@H](O)[C@H]1O. The summed E-state index contributed by atoms with van der Waals surface area (Å²) in [6.45, 7) is 3.43. The second kappa shape index (κ2) is 9.97. The summed E-state index contributed by atoms with van der Waals surface area (Å²) in [6.07, 6.45) is -7.76. The molecule has 5 N–H and O–H groups in total. The van der Waals surface area contributed by atoms with Gasteiger partial charge in [-0.1, -0.05) is 0 Å². The minimum atomic E-state index is -1.38. The van der Waals surface area contributed by atoms with Crippen LogP contribution in [-0.2, 0) is 18.9 Å². The Morgan fingerprint density at radius 2 is 1.65 bits per heavy atom. The maximum absolute atomic E-state index is 10.2. The Morgan fingerprint density at radius 3 is 2.23 bits per heavy atom. The molecule has 2 aliphatic heterocycles. The standard InChI is InChI=1S/C16H30O9S/c1-7(2)23-15-8(18)4-11(9(5-17)24-15)26-6-10-12(19)13(20)14(21)16(22-3)25-10/h7-21H,4-6H2,1-3H3/t8-,9-,10-,11-,12-,13+,14-,15+,16+/m1/s1. The summed E-state index contributed by atoms with van der Waals surface area (Å²) in [5, 5.41) is 49.4. The molecule has 0 bridgehead atoms. The number of hydrogen-bond acceptors (Lipinski definition) is 10. The fraction of sp³-hybridized carbons (Fsp3) is 1.00. The summed E-state index contributed by atoms with van der Waals surface area (Å²) < 4.78 is 21.7. The lowest BCUT2D eigenvalue weighted by Gasteiger charge is -2.42. The maximum atomic E-state index is 10.2. The molecular weight excluding hydrogens is 368 g/mol. The Balaban J connectivity index is 1.93. The predicted molar refractivity (Wildman–Crippen MR) is 92.5 cm³/mol. The normalized spacial score (nSPS) is 44.4. The average molecular weight is 398 g/mol. The Bertz CT molecular complexity index is 425. The Kier molecular flexibility index (Phi) is 8.54. The Morgan fingerprint density at radius 1 is 1.00 bits per heavy atom. The van der Waals surface area contributed by atoms with Crippen molar-refractivity contribution in [3.63, 3.8) is 0 Å². The van der Waals surface area contributed by atoms with Crippen LogP contribution in [0.4, 0.5) is 0 Å². The van der Waals surface area contributed by atoms with Gasteiger partial charge >= 0.3 is 0 Å². The van der Waals surface area contributed by atoms with Crippen LogP contribution in [0.5, 0.6) is 0 Å². The van der Waals surface area contributed by atoms with Crippen LogP contribution in [0.15, 0.2) is 0 Å². The molecule has 0 aromatic heterocycles. The molecule has 0 aromatic rings.